The number of halogens is 1. The summed E-state index contributed by atoms with van der Waals surface area (Å²) < 4.78 is 6.45. The summed E-state index contributed by atoms with van der Waals surface area (Å²) in [6.07, 6.45) is 1.74. The van der Waals surface area contributed by atoms with Gasteiger partial charge >= 0.3 is 0 Å². The third-order valence-electron chi connectivity index (χ3n) is 1.90. The summed E-state index contributed by atoms with van der Waals surface area (Å²) in [5.74, 6) is 0.878. The highest BCUT2D eigenvalue weighted by Crippen LogP contribution is 2.28. The molecule has 0 radical (unpaired) electrons. The predicted octanol–water partition coefficient (Wildman–Crippen LogP) is 3.63. The predicted molar refractivity (Wildman–Crippen MR) is 59.3 cm³/mol. The molecule has 0 bridgehead atoms. The number of hydrogen-bond donors (Lipinski definition) is 0. The van der Waals surface area contributed by atoms with Crippen LogP contribution in [0.3, 0.4) is 0 Å². The molecule has 0 aliphatic heterocycles. The smallest absolute Gasteiger partial charge is 0.134 e. The van der Waals surface area contributed by atoms with E-state index < -0.39 is 0 Å². The van der Waals surface area contributed by atoms with Crippen molar-refractivity contribution in [3.63, 3.8) is 0 Å². The van der Waals surface area contributed by atoms with E-state index in [1.54, 1.807) is 6.08 Å². The van der Waals surface area contributed by atoms with Crippen LogP contribution in [-0.4, -0.2) is 6.61 Å². The van der Waals surface area contributed by atoms with Crippen LogP contribution in [0.5, 0.6) is 5.75 Å². The molecule has 0 amide bonds. The van der Waals surface area contributed by atoms with Gasteiger partial charge in [-0.1, -0.05) is 12.7 Å². The van der Waals surface area contributed by atoms with E-state index in [9.17, 15) is 0 Å². The Labute approximate surface area is 87.5 Å². The van der Waals surface area contributed by atoms with E-state index in [0.29, 0.717) is 6.61 Å². The van der Waals surface area contributed by atoms with Crippen LogP contribution in [-0.2, 0) is 0 Å². The minimum atomic E-state index is 0.543. The topological polar surface area (TPSA) is 9.23 Å². The first-order chi connectivity index (χ1) is 6.15. The summed E-state index contributed by atoms with van der Waals surface area (Å²) in [6, 6.07) is 4.09. The molecule has 0 N–H and O–H groups in total. The molecule has 0 aromatic heterocycles. The molecule has 1 nitrogen and oxygen atoms in total. The summed E-state index contributed by atoms with van der Waals surface area (Å²) in [6.45, 7) is 8.30. The maximum absolute atomic E-state index is 5.46. The number of ether oxygens (including phenoxy) is 1. The molecule has 0 saturated heterocycles. The number of rotatable bonds is 3. The average molecular weight is 241 g/mol. The Morgan fingerprint density at radius 2 is 2.00 bits per heavy atom. The molecule has 13 heavy (non-hydrogen) atoms. The Balaban J connectivity index is 2.94. The zero-order valence-corrected chi connectivity index (χ0v) is 9.52. The van der Waals surface area contributed by atoms with Crippen molar-refractivity contribution < 1.29 is 4.74 Å². The van der Waals surface area contributed by atoms with Gasteiger partial charge in [0.2, 0.25) is 0 Å². The molecule has 70 valence electrons. The SMILES string of the molecule is C=CCOc1cc(C)c(C)cc1Br. The van der Waals surface area contributed by atoms with Crippen molar-refractivity contribution in [3.8, 4) is 5.75 Å². The van der Waals surface area contributed by atoms with E-state index in [1.165, 1.54) is 11.1 Å². The van der Waals surface area contributed by atoms with Gasteiger partial charge in [-0.15, -0.1) is 0 Å². The lowest BCUT2D eigenvalue weighted by atomic mass is 10.1. The molecule has 0 unspecified atom stereocenters. The van der Waals surface area contributed by atoms with Crippen LogP contribution in [0.25, 0.3) is 0 Å². The van der Waals surface area contributed by atoms with Gasteiger partial charge in [-0.2, -0.15) is 0 Å². The van der Waals surface area contributed by atoms with Gasteiger partial charge in [-0.05, 0) is 53.0 Å². The quantitative estimate of drug-likeness (QED) is 0.734. The van der Waals surface area contributed by atoms with Gasteiger partial charge in [0.15, 0.2) is 0 Å². The Bertz CT molecular complexity index is 318. The monoisotopic (exact) mass is 240 g/mol. The second-order valence-electron chi connectivity index (χ2n) is 2.97. The van der Waals surface area contributed by atoms with Gasteiger partial charge in [0, 0.05) is 0 Å². The zero-order chi connectivity index (χ0) is 9.84. The van der Waals surface area contributed by atoms with Crippen LogP contribution in [0.15, 0.2) is 29.3 Å². The minimum Gasteiger partial charge on any atom is -0.488 e. The Kier molecular flexibility index (Phi) is 3.55. The molecule has 2 heteroatoms. The normalized spacial score (nSPS) is 9.77. The molecular weight excluding hydrogens is 228 g/mol. The summed E-state index contributed by atoms with van der Waals surface area (Å²) in [7, 11) is 0. The van der Waals surface area contributed by atoms with Gasteiger partial charge in [0.05, 0.1) is 4.47 Å². The number of hydrogen-bond acceptors (Lipinski definition) is 1. The van der Waals surface area contributed by atoms with E-state index in [2.05, 4.69) is 42.4 Å². The molecule has 1 aromatic rings. The van der Waals surface area contributed by atoms with E-state index in [-0.39, 0.29) is 0 Å². The first kappa shape index (κ1) is 10.3. The summed E-state index contributed by atoms with van der Waals surface area (Å²) >= 11 is 3.45. The van der Waals surface area contributed by atoms with Crippen LogP contribution in [0, 0.1) is 13.8 Å². The fourth-order valence-corrected chi connectivity index (χ4v) is 1.59. The second kappa shape index (κ2) is 4.47. The molecule has 0 aliphatic rings. The number of benzene rings is 1. The van der Waals surface area contributed by atoms with Crippen LogP contribution >= 0.6 is 15.9 Å². The van der Waals surface area contributed by atoms with Gasteiger partial charge in [-0.25, -0.2) is 0 Å². The van der Waals surface area contributed by atoms with Gasteiger partial charge in [0.25, 0.3) is 0 Å². The highest BCUT2D eigenvalue weighted by atomic mass is 79.9. The van der Waals surface area contributed by atoms with Crippen molar-refractivity contribution in [1.82, 2.24) is 0 Å². The van der Waals surface area contributed by atoms with E-state index in [4.69, 9.17) is 4.74 Å². The van der Waals surface area contributed by atoms with Crippen molar-refractivity contribution in [3.05, 3.63) is 40.4 Å². The van der Waals surface area contributed by atoms with Crippen LogP contribution < -0.4 is 4.74 Å². The molecule has 0 spiro atoms. The van der Waals surface area contributed by atoms with Crippen LogP contribution in [0.4, 0.5) is 0 Å². The van der Waals surface area contributed by atoms with Crippen molar-refractivity contribution in [2.24, 2.45) is 0 Å². The molecule has 0 fully saturated rings. The molecular formula is C11H13BrO. The fraction of sp³-hybridized carbons (Fsp3) is 0.273. The first-order valence-corrected chi connectivity index (χ1v) is 4.95. The maximum Gasteiger partial charge on any atom is 0.134 e. The van der Waals surface area contributed by atoms with E-state index >= 15 is 0 Å². The van der Waals surface area contributed by atoms with Crippen molar-refractivity contribution in [1.29, 1.82) is 0 Å². The maximum atomic E-state index is 5.46. The molecule has 0 aliphatic carbocycles. The summed E-state index contributed by atoms with van der Waals surface area (Å²) in [4.78, 5) is 0. The zero-order valence-electron chi connectivity index (χ0n) is 7.93. The van der Waals surface area contributed by atoms with Gasteiger partial charge in [-0.3, -0.25) is 0 Å². The lowest BCUT2D eigenvalue weighted by molar-refractivity contribution is 0.360. The Hall–Kier alpha value is -0.760. The highest BCUT2D eigenvalue weighted by molar-refractivity contribution is 9.10. The largest absolute Gasteiger partial charge is 0.488 e. The lowest BCUT2D eigenvalue weighted by Gasteiger charge is -2.08. The van der Waals surface area contributed by atoms with Crippen molar-refractivity contribution in [2.45, 2.75) is 13.8 Å². The summed E-state index contributed by atoms with van der Waals surface area (Å²) in [5, 5.41) is 0. The van der Waals surface area contributed by atoms with Crippen molar-refractivity contribution >= 4 is 15.9 Å². The molecule has 0 heterocycles. The Morgan fingerprint density at radius 3 is 2.62 bits per heavy atom. The lowest BCUT2D eigenvalue weighted by Crippen LogP contribution is -1.95. The Morgan fingerprint density at radius 1 is 1.38 bits per heavy atom. The van der Waals surface area contributed by atoms with Crippen LogP contribution in [0.1, 0.15) is 11.1 Å². The van der Waals surface area contributed by atoms with E-state index in [0.717, 1.165) is 10.2 Å². The molecule has 1 rings (SSSR count). The standard InChI is InChI=1S/C11H13BrO/c1-4-5-13-11-7-9(3)8(2)6-10(11)12/h4,6-7H,1,5H2,2-3H3. The van der Waals surface area contributed by atoms with Crippen LogP contribution in [0.2, 0.25) is 0 Å². The summed E-state index contributed by atoms with van der Waals surface area (Å²) in [5.41, 5.74) is 2.50. The first-order valence-electron chi connectivity index (χ1n) is 4.15. The number of aryl methyl sites for hydroxylation is 2. The van der Waals surface area contributed by atoms with Gasteiger partial charge < -0.3 is 4.74 Å². The molecule has 0 saturated carbocycles. The molecule has 0 atom stereocenters. The third kappa shape index (κ3) is 2.59. The van der Waals surface area contributed by atoms with E-state index in [1.807, 2.05) is 6.07 Å². The van der Waals surface area contributed by atoms with Gasteiger partial charge in [0.1, 0.15) is 12.4 Å². The second-order valence-corrected chi connectivity index (χ2v) is 3.82. The average Bonchev–Trinajstić information content (AvgIpc) is 2.09. The molecule has 1 aromatic carbocycles. The van der Waals surface area contributed by atoms with Crippen molar-refractivity contribution in [2.75, 3.05) is 6.61 Å². The highest BCUT2D eigenvalue weighted by Gasteiger charge is 2.02. The fourth-order valence-electron chi connectivity index (χ4n) is 1.01. The third-order valence-corrected chi connectivity index (χ3v) is 2.52. The minimum absolute atomic E-state index is 0.543.